The molecule has 3 atom stereocenters. The number of aromatic hydroxyl groups is 1. The molecular formula is C14H17N3O2S2. The lowest BCUT2D eigenvalue weighted by atomic mass is 10.2. The zero-order valence-electron chi connectivity index (χ0n) is 11.8. The summed E-state index contributed by atoms with van der Waals surface area (Å²) in [5.41, 5.74) is 6.63. The number of hydrogen-bond donors (Lipinski definition) is 2. The van der Waals surface area contributed by atoms with Crippen LogP contribution in [-0.4, -0.2) is 31.5 Å². The number of hydrogen-bond acceptors (Lipinski definition) is 7. The molecular weight excluding hydrogens is 306 g/mol. The van der Waals surface area contributed by atoms with E-state index in [0.717, 1.165) is 5.75 Å². The Hall–Kier alpha value is -1.34. The first-order valence-corrected chi connectivity index (χ1v) is 8.73. The number of rotatable bonds is 2. The lowest BCUT2D eigenvalue weighted by Gasteiger charge is -2.29. The number of aromatic nitrogens is 2. The summed E-state index contributed by atoms with van der Waals surface area (Å²) in [5, 5.41) is 15.4. The van der Waals surface area contributed by atoms with Gasteiger partial charge in [-0.3, -0.25) is 0 Å². The van der Waals surface area contributed by atoms with Crippen LogP contribution in [0, 0.1) is 0 Å². The first kappa shape index (κ1) is 14.6. The predicted octanol–water partition coefficient (Wildman–Crippen LogP) is 3.32. The Morgan fingerprint density at radius 3 is 2.86 bits per heavy atom. The van der Waals surface area contributed by atoms with E-state index >= 15 is 0 Å². The van der Waals surface area contributed by atoms with E-state index in [4.69, 9.17) is 10.3 Å². The van der Waals surface area contributed by atoms with E-state index < -0.39 is 0 Å². The van der Waals surface area contributed by atoms with Gasteiger partial charge in [0.2, 0.25) is 0 Å². The zero-order valence-corrected chi connectivity index (χ0v) is 13.4. The third-order valence-corrected chi connectivity index (χ3v) is 6.92. The van der Waals surface area contributed by atoms with Crippen LogP contribution in [0.2, 0.25) is 0 Å². The average molecular weight is 323 g/mol. The second-order valence-corrected chi connectivity index (χ2v) is 8.10. The fraction of sp³-hybridized carbons (Fsp3) is 0.429. The summed E-state index contributed by atoms with van der Waals surface area (Å²) in [6, 6.07) is 4.87. The Bertz CT molecular complexity index is 647. The van der Waals surface area contributed by atoms with E-state index in [1.165, 1.54) is 6.07 Å². The highest BCUT2D eigenvalue weighted by molar-refractivity contribution is 8.07. The van der Waals surface area contributed by atoms with Crippen LogP contribution in [0.15, 0.2) is 22.7 Å². The molecule has 21 heavy (non-hydrogen) atoms. The van der Waals surface area contributed by atoms with Crippen molar-refractivity contribution >= 4 is 29.2 Å². The van der Waals surface area contributed by atoms with E-state index in [0.29, 0.717) is 33.5 Å². The molecule has 1 fully saturated rings. The maximum absolute atomic E-state index is 9.92. The summed E-state index contributed by atoms with van der Waals surface area (Å²) in [6.07, 6.45) is 0. The van der Waals surface area contributed by atoms with Crippen molar-refractivity contribution in [3.63, 3.8) is 0 Å². The first-order chi connectivity index (χ1) is 10.0. The molecule has 0 amide bonds. The van der Waals surface area contributed by atoms with Crippen molar-refractivity contribution < 1.29 is 9.63 Å². The van der Waals surface area contributed by atoms with Gasteiger partial charge >= 0.3 is 0 Å². The quantitative estimate of drug-likeness (QED) is 0.820. The minimum Gasteiger partial charge on any atom is -0.507 e. The molecule has 0 bridgehead atoms. The number of phenolic OH excluding ortho intramolecular Hbond substituents is 1. The zero-order chi connectivity index (χ0) is 15.0. The normalized spacial score (nSPS) is 25.9. The van der Waals surface area contributed by atoms with Crippen LogP contribution in [0.25, 0.3) is 11.5 Å². The van der Waals surface area contributed by atoms with Crippen molar-refractivity contribution in [1.82, 2.24) is 10.1 Å². The van der Waals surface area contributed by atoms with Crippen LogP contribution < -0.4 is 5.73 Å². The van der Waals surface area contributed by atoms with Crippen molar-refractivity contribution in [2.45, 2.75) is 29.6 Å². The molecule has 3 rings (SSSR count). The van der Waals surface area contributed by atoms with Crippen molar-refractivity contribution in [2.24, 2.45) is 0 Å². The lowest BCUT2D eigenvalue weighted by molar-refractivity contribution is 0.418. The van der Waals surface area contributed by atoms with Crippen LogP contribution in [0.3, 0.4) is 0 Å². The van der Waals surface area contributed by atoms with Gasteiger partial charge in [0.05, 0.1) is 10.8 Å². The molecule has 0 spiro atoms. The number of nitrogen functional groups attached to an aromatic ring is 1. The summed E-state index contributed by atoms with van der Waals surface area (Å²) < 4.78 is 5.30. The number of nitrogens with zero attached hydrogens (tertiary/aromatic N) is 2. The molecule has 1 saturated heterocycles. The van der Waals surface area contributed by atoms with Gasteiger partial charge in [-0.05, 0) is 12.1 Å². The predicted molar refractivity (Wildman–Crippen MR) is 87.5 cm³/mol. The Morgan fingerprint density at radius 2 is 2.14 bits per heavy atom. The topological polar surface area (TPSA) is 85.2 Å². The molecule has 112 valence electrons. The molecule has 1 aliphatic rings. The highest BCUT2D eigenvalue weighted by atomic mass is 32.2. The largest absolute Gasteiger partial charge is 0.507 e. The van der Waals surface area contributed by atoms with Crippen molar-refractivity contribution in [2.75, 3.05) is 11.5 Å². The van der Waals surface area contributed by atoms with Gasteiger partial charge < -0.3 is 15.4 Å². The molecule has 3 N–H and O–H groups in total. The molecule has 5 nitrogen and oxygen atoms in total. The van der Waals surface area contributed by atoms with Gasteiger partial charge in [-0.2, -0.15) is 16.7 Å². The average Bonchev–Trinajstić information content (AvgIpc) is 2.91. The molecule has 1 aromatic heterocycles. The molecule has 7 heteroatoms. The molecule has 1 aliphatic heterocycles. The van der Waals surface area contributed by atoms with Gasteiger partial charge in [0.1, 0.15) is 5.75 Å². The van der Waals surface area contributed by atoms with E-state index in [1.54, 1.807) is 12.1 Å². The first-order valence-electron chi connectivity index (χ1n) is 6.74. The molecule has 0 aliphatic carbocycles. The highest BCUT2D eigenvalue weighted by Gasteiger charge is 2.30. The second-order valence-electron chi connectivity index (χ2n) is 5.10. The molecule has 2 heterocycles. The lowest BCUT2D eigenvalue weighted by Crippen LogP contribution is -2.22. The summed E-state index contributed by atoms with van der Waals surface area (Å²) in [4.78, 5) is 4.44. The summed E-state index contributed by atoms with van der Waals surface area (Å²) in [6.45, 7) is 4.47. The Morgan fingerprint density at radius 1 is 1.33 bits per heavy atom. The van der Waals surface area contributed by atoms with Gasteiger partial charge in [-0.1, -0.05) is 19.0 Å². The number of phenols is 1. The van der Waals surface area contributed by atoms with Gasteiger partial charge in [0, 0.05) is 28.0 Å². The van der Waals surface area contributed by atoms with Crippen molar-refractivity contribution in [1.29, 1.82) is 0 Å². The Kier molecular flexibility index (Phi) is 4.03. The number of nitrogens with two attached hydrogens (primary N) is 1. The van der Waals surface area contributed by atoms with Crippen LogP contribution in [0.1, 0.15) is 24.9 Å². The molecule has 0 radical (unpaired) electrons. The number of anilines is 1. The third-order valence-electron chi connectivity index (χ3n) is 3.53. The van der Waals surface area contributed by atoms with E-state index in [2.05, 4.69) is 24.0 Å². The van der Waals surface area contributed by atoms with Crippen molar-refractivity contribution in [3.05, 3.63) is 24.0 Å². The van der Waals surface area contributed by atoms with Crippen molar-refractivity contribution in [3.8, 4) is 17.2 Å². The molecule has 0 saturated carbocycles. The van der Waals surface area contributed by atoms with Gasteiger partial charge in [0.15, 0.2) is 5.82 Å². The molecule has 1 aromatic carbocycles. The summed E-state index contributed by atoms with van der Waals surface area (Å²) in [7, 11) is 0. The Labute approximate surface area is 131 Å². The monoisotopic (exact) mass is 323 g/mol. The SMILES string of the molecule is CC1SCC(c2noc(-c3ccc(N)cc3O)n2)SC1C. The number of thioether (sulfide) groups is 2. The fourth-order valence-corrected chi connectivity index (χ4v) is 4.96. The van der Waals surface area contributed by atoms with Gasteiger partial charge in [0.25, 0.3) is 5.89 Å². The maximum atomic E-state index is 9.92. The standard InChI is InChI=1S/C14H17N3O2S2/c1-7-8(2)21-12(6-20-7)13-16-14(19-17-13)10-4-3-9(15)5-11(10)18/h3-5,7-8,12,18H,6,15H2,1-2H3. The maximum Gasteiger partial charge on any atom is 0.261 e. The van der Waals surface area contributed by atoms with Crippen LogP contribution in [0.4, 0.5) is 5.69 Å². The third kappa shape index (κ3) is 2.98. The van der Waals surface area contributed by atoms with Crippen LogP contribution in [-0.2, 0) is 0 Å². The second kappa shape index (κ2) is 5.81. The summed E-state index contributed by atoms with van der Waals surface area (Å²) >= 11 is 3.81. The summed E-state index contributed by atoms with van der Waals surface area (Å²) in [5.74, 6) is 2.05. The molecule has 3 unspecified atom stereocenters. The van der Waals surface area contributed by atoms with E-state index in [-0.39, 0.29) is 11.0 Å². The van der Waals surface area contributed by atoms with Crippen LogP contribution >= 0.6 is 23.5 Å². The fourth-order valence-electron chi connectivity index (χ4n) is 2.12. The van der Waals surface area contributed by atoms with E-state index in [1.807, 2.05) is 23.5 Å². The Balaban J connectivity index is 1.83. The van der Waals surface area contributed by atoms with E-state index in [9.17, 15) is 5.11 Å². The molecule has 2 aromatic rings. The van der Waals surface area contributed by atoms with Gasteiger partial charge in [-0.15, -0.1) is 11.8 Å². The minimum atomic E-state index is 0.0536. The number of benzene rings is 1. The minimum absolute atomic E-state index is 0.0536. The van der Waals surface area contributed by atoms with Gasteiger partial charge in [-0.25, -0.2) is 0 Å². The van der Waals surface area contributed by atoms with Crippen LogP contribution in [0.5, 0.6) is 5.75 Å². The highest BCUT2D eigenvalue weighted by Crippen LogP contribution is 2.43. The smallest absolute Gasteiger partial charge is 0.261 e.